The number of amides is 1. The molecule has 2 aliphatic heterocycles. The van der Waals surface area contributed by atoms with E-state index >= 15 is 0 Å². The zero-order valence-corrected chi connectivity index (χ0v) is 12.6. The smallest absolute Gasteiger partial charge is 0.241 e. The van der Waals surface area contributed by atoms with Crippen molar-refractivity contribution in [3.05, 3.63) is 34.9 Å². The van der Waals surface area contributed by atoms with Crippen LogP contribution in [0.25, 0.3) is 0 Å². The molecule has 3 unspecified atom stereocenters. The molecule has 0 spiro atoms. The van der Waals surface area contributed by atoms with Crippen molar-refractivity contribution in [1.82, 2.24) is 15.1 Å². The summed E-state index contributed by atoms with van der Waals surface area (Å²) in [6.07, 6.45) is 1.01. The minimum absolute atomic E-state index is 0.0359. The molecule has 3 atom stereocenters. The lowest BCUT2D eigenvalue weighted by Gasteiger charge is -2.30. The number of halogens is 1. The summed E-state index contributed by atoms with van der Waals surface area (Å²) in [5, 5.41) is 4.12. The van der Waals surface area contributed by atoms with Crippen molar-refractivity contribution in [1.29, 1.82) is 0 Å². The third-order valence-corrected chi connectivity index (χ3v) is 4.51. The molecule has 5 heteroatoms. The Morgan fingerprint density at radius 1 is 1.30 bits per heavy atom. The normalized spacial score (nSPS) is 31.2. The molecule has 2 heterocycles. The molecule has 0 radical (unpaired) electrons. The summed E-state index contributed by atoms with van der Waals surface area (Å²) < 4.78 is 0. The SMILES string of the molecule is CC1NC(c2ccc(Cl)cc2)N(C2CCN(C)C2)C1=O. The van der Waals surface area contributed by atoms with Crippen molar-refractivity contribution >= 4 is 17.5 Å². The molecular weight excluding hydrogens is 274 g/mol. The van der Waals surface area contributed by atoms with Gasteiger partial charge in [-0.1, -0.05) is 23.7 Å². The average molecular weight is 294 g/mol. The molecule has 20 heavy (non-hydrogen) atoms. The van der Waals surface area contributed by atoms with Gasteiger partial charge in [0.25, 0.3) is 0 Å². The topological polar surface area (TPSA) is 35.6 Å². The molecule has 2 fully saturated rings. The lowest BCUT2D eigenvalue weighted by atomic mass is 10.1. The van der Waals surface area contributed by atoms with Crippen LogP contribution in [0.5, 0.6) is 0 Å². The highest BCUT2D eigenvalue weighted by Crippen LogP contribution is 2.31. The molecule has 1 amide bonds. The van der Waals surface area contributed by atoms with Gasteiger partial charge in [0, 0.05) is 17.6 Å². The second-order valence-corrected chi connectivity index (χ2v) is 6.23. The van der Waals surface area contributed by atoms with E-state index in [1.807, 2.05) is 36.1 Å². The van der Waals surface area contributed by atoms with Crippen LogP contribution in [-0.4, -0.2) is 47.9 Å². The van der Waals surface area contributed by atoms with Crippen LogP contribution < -0.4 is 5.32 Å². The van der Waals surface area contributed by atoms with Gasteiger partial charge in [-0.2, -0.15) is 0 Å². The fraction of sp³-hybridized carbons (Fsp3) is 0.533. The Morgan fingerprint density at radius 2 is 2.00 bits per heavy atom. The van der Waals surface area contributed by atoms with Gasteiger partial charge in [0.2, 0.25) is 5.91 Å². The predicted octanol–water partition coefficient (Wildman–Crippen LogP) is 1.86. The number of nitrogens with one attached hydrogen (secondary N) is 1. The van der Waals surface area contributed by atoms with E-state index in [9.17, 15) is 4.79 Å². The van der Waals surface area contributed by atoms with Gasteiger partial charge < -0.3 is 9.80 Å². The molecule has 3 rings (SSSR count). The standard InChI is InChI=1S/C15H20ClN3O/c1-10-15(20)19(13-7-8-18(2)9-13)14(17-10)11-3-5-12(16)6-4-11/h3-6,10,13-14,17H,7-9H2,1-2H3. The molecule has 1 aromatic carbocycles. The molecule has 0 saturated carbocycles. The maximum atomic E-state index is 12.5. The summed E-state index contributed by atoms with van der Waals surface area (Å²) in [5.74, 6) is 0.199. The Labute approximate surface area is 124 Å². The van der Waals surface area contributed by atoms with Crippen molar-refractivity contribution in [2.75, 3.05) is 20.1 Å². The predicted molar refractivity (Wildman–Crippen MR) is 79.5 cm³/mol. The van der Waals surface area contributed by atoms with E-state index in [4.69, 9.17) is 11.6 Å². The van der Waals surface area contributed by atoms with Crippen LogP contribution in [0, 0.1) is 0 Å². The van der Waals surface area contributed by atoms with Crippen LogP contribution >= 0.6 is 11.6 Å². The molecule has 2 aliphatic rings. The quantitative estimate of drug-likeness (QED) is 0.904. The van der Waals surface area contributed by atoms with E-state index < -0.39 is 0 Å². The van der Waals surface area contributed by atoms with E-state index in [1.54, 1.807) is 0 Å². The minimum Gasteiger partial charge on any atom is -0.317 e. The monoisotopic (exact) mass is 293 g/mol. The van der Waals surface area contributed by atoms with E-state index in [0.717, 1.165) is 30.1 Å². The number of carbonyl (C=O) groups excluding carboxylic acids is 1. The second kappa shape index (κ2) is 5.35. The Bertz CT molecular complexity index is 504. The van der Waals surface area contributed by atoms with E-state index in [0.29, 0.717) is 6.04 Å². The molecule has 0 aliphatic carbocycles. The van der Waals surface area contributed by atoms with Crippen molar-refractivity contribution < 1.29 is 4.79 Å². The molecule has 1 aromatic rings. The summed E-state index contributed by atoms with van der Waals surface area (Å²) in [6, 6.07) is 7.93. The first-order valence-corrected chi connectivity index (χ1v) is 7.46. The molecule has 108 valence electrons. The molecule has 4 nitrogen and oxygen atoms in total. The summed E-state index contributed by atoms with van der Waals surface area (Å²) in [4.78, 5) is 16.8. The highest BCUT2D eigenvalue weighted by Gasteiger charge is 2.42. The van der Waals surface area contributed by atoms with Crippen LogP contribution in [0.2, 0.25) is 5.02 Å². The first kappa shape index (κ1) is 13.9. The number of likely N-dealkylation sites (N-methyl/N-ethyl adjacent to an activating group) is 1. The van der Waals surface area contributed by atoms with Crippen molar-refractivity contribution in [2.24, 2.45) is 0 Å². The van der Waals surface area contributed by atoms with Gasteiger partial charge in [-0.3, -0.25) is 10.1 Å². The summed E-state index contributed by atoms with van der Waals surface area (Å²) in [7, 11) is 2.11. The Balaban J connectivity index is 1.88. The highest BCUT2D eigenvalue weighted by molar-refractivity contribution is 6.30. The molecule has 0 bridgehead atoms. The van der Waals surface area contributed by atoms with Crippen LogP contribution in [0.1, 0.15) is 25.1 Å². The third-order valence-electron chi connectivity index (χ3n) is 4.26. The number of likely N-dealkylation sites (tertiary alicyclic amines) is 1. The first-order chi connectivity index (χ1) is 9.56. The van der Waals surface area contributed by atoms with Gasteiger partial charge in [-0.05, 0) is 44.6 Å². The molecule has 0 aromatic heterocycles. The molecule has 1 N–H and O–H groups in total. The lowest BCUT2D eigenvalue weighted by molar-refractivity contribution is -0.131. The number of carbonyl (C=O) groups is 1. The first-order valence-electron chi connectivity index (χ1n) is 7.08. The van der Waals surface area contributed by atoms with Gasteiger partial charge in [0.05, 0.1) is 6.04 Å². The number of hydrogen-bond donors (Lipinski definition) is 1. The molecular formula is C15H20ClN3O. The van der Waals surface area contributed by atoms with Crippen molar-refractivity contribution in [3.63, 3.8) is 0 Å². The number of hydrogen-bond acceptors (Lipinski definition) is 3. The van der Waals surface area contributed by atoms with Crippen molar-refractivity contribution in [3.8, 4) is 0 Å². The zero-order valence-electron chi connectivity index (χ0n) is 11.8. The molecule has 2 saturated heterocycles. The van der Waals surface area contributed by atoms with E-state index in [2.05, 4.69) is 17.3 Å². The average Bonchev–Trinajstić information content (AvgIpc) is 2.96. The second-order valence-electron chi connectivity index (χ2n) is 5.79. The van der Waals surface area contributed by atoms with Crippen LogP contribution in [0.3, 0.4) is 0 Å². The zero-order chi connectivity index (χ0) is 14.3. The Morgan fingerprint density at radius 3 is 2.60 bits per heavy atom. The maximum Gasteiger partial charge on any atom is 0.241 e. The van der Waals surface area contributed by atoms with Crippen molar-refractivity contribution in [2.45, 2.75) is 31.6 Å². The summed E-state index contributed by atoms with van der Waals surface area (Å²) in [6.45, 7) is 3.93. The Kier molecular flexibility index (Phi) is 3.71. The fourth-order valence-corrected chi connectivity index (χ4v) is 3.30. The van der Waals surface area contributed by atoms with Crippen LogP contribution in [-0.2, 0) is 4.79 Å². The van der Waals surface area contributed by atoms with Gasteiger partial charge in [0.1, 0.15) is 6.17 Å². The summed E-state index contributed by atoms with van der Waals surface area (Å²) in [5.41, 5.74) is 1.10. The fourth-order valence-electron chi connectivity index (χ4n) is 3.17. The van der Waals surface area contributed by atoms with E-state index in [-0.39, 0.29) is 18.1 Å². The van der Waals surface area contributed by atoms with Gasteiger partial charge >= 0.3 is 0 Å². The number of nitrogens with zero attached hydrogens (tertiary/aromatic N) is 2. The maximum absolute atomic E-state index is 12.5. The van der Waals surface area contributed by atoms with E-state index in [1.165, 1.54) is 0 Å². The largest absolute Gasteiger partial charge is 0.317 e. The minimum atomic E-state index is -0.124. The summed E-state index contributed by atoms with van der Waals surface area (Å²) >= 11 is 5.95. The van der Waals surface area contributed by atoms with Gasteiger partial charge in [-0.15, -0.1) is 0 Å². The van der Waals surface area contributed by atoms with Crippen LogP contribution in [0.4, 0.5) is 0 Å². The van der Waals surface area contributed by atoms with Gasteiger partial charge in [0.15, 0.2) is 0 Å². The third kappa shape index (κ3) is 2.43. The lowest BCUT2D eigenvalue weighted by Crippen LogP contribution is -2.41. The van der Waals surface area contributed by atoms with Gasteiger partial charge in [-0.25, -0.2) is 0 Å². The highest BCUT2D eigenvalue weighted by atomic mass is 35.5. The van der Waals surface area contributed by atoms with Crippen LogP contribution in [0.15, 0.2) is 24.3 Å². The Hall–Kier alpha value is -1.10. The number of rotatable bonds is 2. The number of benzene rings is 1.